The molecule has 1 saturated carbocycles. The molecule has 1 amide bonds. The molecule has 2 heteroatoms. The number of amides is 1. The Kier molecular flexibility index (Phi) is 2.30. The van der Waals surface area contributed by atoms with E-state index < -0.39 is 0 Å². The van der Waals surface area contributed by atoms with E-state index in [1.54, 1.807) is 0 Å². The Morgan fingerprint density at radius 1 is 1.70 bits per heavy atom. The Labute approximate surface area is 62.0 Å². The van der Waals surface area contributed by atoms with Crippen molar-refractivity contribution in [2.45, 2.75) is 26.7 Å². The molecule has 1 rings (SSSR count). The van der Waals surface area contributed by atoms with Crippen molar-refractivity contribution in [1.82, 2.24) is 5.32 Å². The zero-order valence-electron chi connectivity index (χ0n) is 6.68. The van der Waals surface area contributed by atoms with Gasteiger partial charge in [0.1, 0.15) is 0 Å². The lowest BCUT2D eigenvalue weighted by atomic mass is 10.3. The predicted octanol–water partition coefficient (Wildman–Crippen LogP) is 1.17. The maximum Gasteiger partial charge on any atom is 0.219 e. The molecule has 0 aliphatic heterocycles. The number of hydrogen-bond donors (Lipinski definition) is 1. The smallest absolute Gasteiger partial charge is 0.219 e. The molecule has 0 heterocycles. The van der Waals surface area contributed by atoms with Gasteiger partial charge in [0.05, 0.1) is 0 Å². The molecule has 0 bridgehead atoms. The summed E-state index contributed by atoms with van der Waals surface area (Å²) in [6, 6.07) is 0. The van der Waals surface area contributed by atoms with Gasteiger partial charge in [0.2, 0.25) is 5.91 Å². The first kappa shape index (κ1) is 7.58. The summed E-state index contributed by atoms with van der Waals surface area (Å²) in [5.74, 6) is 1.80. The zero-order valence-corrected chi connectivity index (χ0v) is 6.68. The predicted molar refractivity (Wildman–Crippen MR) is 40.6 cm³/mol. The number of nitrogens with one attached hydrogen (secondary N) is 1. The van der Waals surface area contributed by atoms with E-state index in [0.29, 0.717) is 6.42 Å². The molecule has 0 saturated heterocycles. The maximum atomic E-state index is 10.7. The van der Waals surface area contributed by atoms with Crippen molar-refractivity contribution in [2.24, 2.45) is 11.8 Å². The van der Waals surface area contributed by atoms with Crippen LogP contribution in [0.15, 0.2) is 0 Å². The number of carbonyl (C=O) groups is 1. The molecule has 1 aliphatic carbocycles. The average Bonchev–Trinajstić information content (AvgIpc) is 2.61. The second-order valence-electron chi connectivity index (χ2n) is 3.13. The third kappa shape index (κ3) is 2.01. The van der Waals surface area contributed by atoms with Gasteiger partial charge >= 0.3 is 0 Å². The molecule has 2 nitrogen and oxygen atoms in total. The molecule has 2 unspecified atom stereocenters. The first-order valence-corrected chi connectivity index (χ1v) is 4.00. The van der Waals surface area contributed by atoms with Crippen LogP contribution in [0.2, 0.25) is 0 Å². The average molecular weight is 141 g/mol. The Bertz CT molecular complexity index is 133. The van der Waals surface area contributed by atoms with Crippen molar-refractivity contribution in [3.05, 3.63) is 0 Å². The summed E-state index contributed by atoms with van der Waals surface area (Å²) in [5.41, 5.74) is 0. The summed E-state index contributed by atoms with van der Waals surface area (Å²) in [6.07, 6.45) is 1.91. The molecule has 2 atom stereocenters. The van der Waals surface area contributed by atoms with E-state index in [0.717, 1.165) is 18.4 Å². The van der Waals surface area contributed by atoms with Crippen LogP contribution in [0.25, 0.3) is 0 Å². The van der Waals surface area contributed by atoms with Gasteiger partial charge in [0, 0.05) is 13.0 Å². The highest BCUT2D eigenvalue weighted by Gasteiger charge is 2.32. The van der Waals surface area contributed by atoms with Gasteiger partial charge in [-0.1, -0.05) is 13.8 Å². The zero-order chi connectivity index (χ0) is 7.56. The lowest BCUT2D eigenvalue weighted by Gasteiger charge is -1.99. The van der Waals surface area contributed by atoms with Crippen molar-refractivity contribution >= 4 is 5.91 Å². The summed E-state index contributed by atoms with van der Waals surface area (Å²) < 4.78 is 0. The second kappa shape index (κ2) is 3.04. The molecule has 10 heavy (non-hydrogen) atoms. The molecule has 0 spiro atoms. The molecule has 1 aliphatic rings. The first-order valence-electron chi connectivity index (χ1n) is 4.00. The minimum absolute atomic E-state index is 0.180. The van der Waals surface area contributed by atoms with Gasteiger partial charge in [-0.05, 0) is 18.3 Å². The van der Waals surface area contributed by atoms with Crippen LogP contribution in [-0.2, 0) is 4.79 Å². The Morgan fingerprint density at radius 2 is 2.30 bits per heavy atom. The minimum Gasteiger partial charge on any atom is -0.356 e. The molecular formula is C8H15NO. The van der Waals surface area contributed by atoms with Gasteiger partial charge in [-0.3, -0.25) is 4.79 Å². The SMILES string of the molecule is CCC(=O)NCC1CC1C. The lowest BCUT2D eigenvalue weighted by molar-refractivity contribution is -0.120. The highest BCUT2D eigenvalue weighted by atomic mass is 16.1. The lowest BCUT2D eigenvalue weighted by Crippen LogP contribution is -2.24. The molecule has 0 radical (unpaired) electrons. The van der Waals surface area contributed by atoms with Crippen LogP contribution in [-0.4, -0.2) is 12.5 Å². The van der Waals surface area contributed by atoms with E-state index in [9.17, 15) is 4.79 Å². The fourth-order valence-corrected chi connectivity index (χ4v) is 1.05. The fraction of sp³-hybridized carbons (Fsp3) is 0.875. The first-order chi connectivity index (χ1) is 4.74. The highest BCUT2D eigenvalue weighted by Crippen LogP contribution is 2.36. The third-order valence-electron chi connectivity index (χ3n) is 2.16. The van der Waals surface area contributed by atoms with Crippen LogP contribution >= 0.6 is 0 Å². The second-order valence-corrected chi connectivity index (χ2v) is 3.13. The number of carbonyl (C=O) groups excluding carboxylic acids is 1. The Morgan fingerprint density at radius 3 is 2.70 bits per heavy atom. The maximum absolute atomic E-state index is 10.7. The van der Waals surface area contributed by atoms with Gasteiger partial charge in [0.15, 0.2) is 0 Å². The van der Waals surface area contributed by atoms with E-state index in [1.807, 2.05) is 6.92 Å². The van der Waals surface area contributed by atoms with E-state index in [-0.39, 0.29) is 5.91 Å². The summed E-state index contributed by atoms with van der Waals surface area (Å²) >= 11 is 0. The quantitative estimate of drug-likeness (QED) is 0.628. The standard InChI is InChI=1S/C8H15NO/c1-3-8(10)9-5-7-4-6(7)2/h6-7H,3-5H2,1-2H3,(H,9,10). The van der Waals surface area contributed by atoms with Crippen LogP contribution in [0.1, 0.15) is 26.7 Å². The monoisotopic (exact) mass is 141 g/mol. The topological polar surface area (TPSA) is 29.1 Å². The highest BCUT2D eigenvalue weighted by molar-refractivity contribution is 5.75. The van der Waals surface area contributed by atoms with Crippen LogP contribution in [0.5, 0.6) is 0 Å². The van der Waals surface area contributed by atoms with Crippen LogP contribution < -0.4 is 5.32 Å². The van der Waals surface area contributed by atoms with Crippen molar-refractivity contribution in [2.75, 3.05) is 6.54 Å². The minimum atomic E-state index is 0.180. The summed E-state index contributed by atoms with van der Waals surface area (Å²) in [6.45, 7) is 5.00. The van der Waals surface area contributed by atoms with Gasteiger partial charge in [-0.15, -0.1) is 0 Å². The molecular weight excluding hydrogens is 126 g/mol. The molecule has 0 aromatic heterocycles. The van der Waals surface area contributed by atoms with Gasteiger partial charge in [-0.25, -0.2) is 0 Å². The normalized spacial score (nSPS) is 29.8. The van der Waals surface area contributed by atoms with Crippen molar-refractivity contribution in [3.63, 3.8) is 0 Å². The van der Waals surface area contributed by atoms with Crippen LogP contribution in [0.3, 0.4) is 0 Å². The Balaban J connectivity index is 2.00. The van der Waals surface area contributed by atoms with Gasteiger partial charge < -0.3 is 5.32 Å². The summed E-state index contributed by atoms with van der Waals surface area (Å²) in [7, 11) is 0. The van der Waals surface area contributed by atoms with E-state index in [1.165, 1.54) is 6.42 Å². The van der Waals surface area contributed by atoms with E-state index in [2.05, 4.69) is 12.2 Å². The van der Waals surface area contributed by atoms with E-state index in [4.69, 9.17) is 0 Å². The van der Waals surface area contributed by atoms with Crippen molar-refractivity contribution < 1.29 is 4.79 Å². The van der Waals surface area contributed by atoms with Crippen LogP contribution in [0, 0.1) is 11.8 Å². The number of rotatable bonds is 3. The number of hydrogen-bond acceptors (Lipinski definition) is 1. The summed E-state index contributed by atoms with van der Waals surface area (Å²) in [4.78, 5) is 10.7. The van der Waals surface area contributed by atoms with Crippen molar-refractivity contribution in [3.8, 4) is 0 Å². The van der Waals surface area contributed by atoms with Gasteiger partial charge in [0.25, 0.3) is 0 Å². The fourth-order valence-electron chi connectivity index (χ4n) is 1.05. The van der Waals surface area contributed by atoms with Gasteiger partial charge in [-0.2, -0.15) is 0 Å². The Hall–Kier alpha value is -0.530. The molecule has 1 fully saturated rings. The molecule has 1 N–H and O–H groups in total. The largest absolute Gasteiger partial charge is 0.356 e. The van der Waals surface area contributed by atoms with Crippen LogP contribution in [0.4, 0.5) is 0 Å². The molecule has 0 aromatic rings. The van der Waals surface area contributed by atoms with Crippen molar-refractivity contribution in [1.29, 1.82) is 0 Å². The molecule has 58 valence electrons. The third-order valence-corrected chi connectivity index (χ3v) is 2.16. The van der Waals surface area contributed by atoms with E-state index >= 15 is 0 Å². The molecule has 0 aromatic carbocycles. The summed E-state index contributed by atoms with van der Waals surface area (Å²) in [5, 5.41) is 2.89.